The zero-order chi connectivity index (χ0) is 14.7. The molecule has 1 unspecified atom stereocenters. The second kappa shape index (κ2) is 6.97. The molecule has 0 saturated carbocycles. The van der Waals surface area contributed by atoms with Crippen molar-refractivity contribution < 1.29 is 0 Å². The molecule has 1 aromatic carbocycles. The number of nitrogens with zero attached hydrogens (tertiary/aromatic N) is 1. The molecule has 6 heteroatoms. The van der Waals surface area contributed by atoms with Gasteiger partial charge in [0.1, 0.15) is 0 Å². The van der Waals surface area contributed by atoms with Gasteiger partial charge in [0, 0.05) is 16.2 Å². The van der Waals surface area contributed by atoms with Crippen LogP contribution in [0.25, 0.3) is 0 Å². The van der Waals surface area contributed by atoms with Gasteiger partial charge in [-0.3, -0.25) is 4.98 Å². The SMILES string of the molecule is CCNC(c1cc(Cl)ccc1Cl)c1ncc(Cl)cc1Cl. The van der Waals surface area contributed by atoms with Crippen molar-refractivity contribution in [2.75, 3.05) is 6.54 Å². The Labute approximate surface area is 138 Å². The summed E-state index contributed by atoms with van der Waals surface area (Å²) in [5.74, 6) is 0. The van der Waals surface area contributed by atoms with Gasteiger partial charge in [0.2, 0.25) is 0 Å². The number of pyridine rings is 1. The minimum Gasteiger partial charge on any atom is -0.305 e. The highest BCUT2D eigenvalue weighted by Gasteiger charge is 2.20. The summed E-state index contributed by atoms with van der Waals surface area (Å²) in [6, 6.07) is 6.73. The highest BCUT2D eigenvalue weighted by molar-refractivity contribution is 6.35. The molecule has 1 heterocycles. The predicted molar refractivity (Wildman–Crippen MR) is 86.2 cm³/mol. The van der Waals surface area contributed by atoms with Crippen LogP contribution in [-0.2, 0) is 0 Å². The van der Waals surface area contributed by atoms with Gasteiger partial charge in [-0.25, -0.2) is 0 Å². The molecule has 2 aromatic rings. The molecule has 0 amide bonds. The van der Waals surface area contributed by atoms with E-state index in [0.717, 1.165) is 12.1 Å². The van der Waals surface area contributed by atoms with Crippen LogP contribution in [0.2, 0.25) is 20.1 Å². The third-order valence-electron chi connectivity index (χ3n) is 2.79. The molecular formula is C14H12Cl4N2. The molecule has 0 aliphatic carbocycles. The quantitative estimate of drug-likeness (QED) is 0.799. The van der Waals surface area contributed by atoms with Gasteiger partial charge in [-0.1, -0.05) is 53.3 Å². The molecule has 1 N–H and O–H groups in total. The number of halogens is 4. The molecule has 0 bridgehead atoms. The van der Waals surface area contributed by atoms with Crippen molar-refractivity contribution in [1.29, 1.82) is 0 Å². The molecule has 106 valence electrons. The summed E-state index contributed by atoms with van der Waals surface area (Å²) in [6.07, 6.45) is 1.56. The van der Waals surface area contributed by atoms with E-state index in [-0.39, 0.29) is 6.04 Å². The first kappa shape index (κ1) is 15.9. The van der Waals surface area contributed by atoms with Gasteiger partial charge >= 0.3 is 0 Å². The van der Waals surface area contributed by atoms with E-state index in [1.165, 1.54) is 0 Å². The van der Waals surface area contributed by atoms with Gasteiger partial charge in [0.25, 0.3) is 0 Å². The lowest BCUT2D eigenvalue weighted by Gasteiger charge is -2.20. The molecule has 0 aliphatic rings. The Morgan fingerprint density at radius 2 is 1.80 bits per heavy atom. The van der Waals surface area contributed by atoms with Crippen LogP contribution in [0.5, 0.6) is 0 Å². The van der Waals surface area contributed by atoms with Crippen LogP contribution in [0.1, 0.15) is 24.2 Å². The van der Waals surface area contributed by atoms with Crippen molar-refractivity contribution in [3.8, 4) is 0 Å². The van der Waals surface area contributed by atoms with Crippen LogP contribution in [-0.4, -0.2) is 11.5 Å². The van der Waals surface area contributed by atoms with Crippen LogP contribution in [0.4, 0.5) is 0 Å². The first-order valence-electron chi connectivity index (χ1n) is 6.02. The van der Waals surface area contributed by atoms with E-state index in [2.05, 4.69) is 10.3 Å². The van der Waals surface area contributed by atoms with Crippen LogP contribution >= 0.6 is 46.4 Å². The first-order chi connectivity index (χ1) is 9.52. The van der Waals surface area contributed by atoms with Gasteiger partial charge in [0.15, 0.2) is 0 Å². The van der Waals surface area contributed by atoms with Crippen LogP contribution < -0.4 is 5.32 Å². The van der Waals surface area contributed by atoms with Crippen molar-refractivity contribution in [3.63, 3.8) is 0 Å². The lowest BCUT2D eigenvalue weighted by atomic mass is 10.0. The largest absolute Gasteiger partial charge is 0.305 e. The molecule has 20 heavy (non-hydrogen) atoms. The van der Waals surface area contributed by atoms with Gasteiger partial charge in [-0.15, -0.1) is 0 Å². The highest BCUT2D eigenvalue weighted by atomic mass is 35.5. The lowest BCUT2D eigenvalue weighted by Crippen LogP contribution is -2.23. The number of rotatable bonds is 4. The molecule has 1 aromatic heterocycles. The monoisotopic (exact) mass is 348 g/mol. The molecule has 1 atom stereocenters. The molecule has 0 radical (unpaired) electrons. The molecular weight excluding hydrogens is 338 g/mol. The van der Waals surface area contributed by atoms with Crippen molar-refractivity contribution in [2.45, 2.75) is 13.0 Å². The van der Waals surface area contributed by atoms with Crippen LogP contribution in [0, 0.1) is 0 Å². The zero-order valence-electron chi connectivity index (χ0n) is 10.6. The Morgan fingerprint density at radius 1 is 1.05 bits per heavy atom. The smallest absolute Gasteiger partial charge is 0.0806 e. The third kappa shape index (κ3) is 3.57. The van der Waals surface area contributed by atoms with E-state index in [1.807, 2.05) is 13.0 Å². The predicted octanol–water partition coefficient (Wildman–Crippen LogP) is 5.39. The van der Waals surface area contributed by atoms with Crippen molar-refractivity contribution in [2.24, 2.45) is 0 Å². The topological polar surface area (TPSA) is 24.9 Å². The lowest BCUT2D eigenvalue weighted by molar-refractivity contribution is 0.616. The standard InChI is InChI=1S/C14H12Cl4N2/c1-2-19-13(10-5-8(15)3-4-11(10)17)14-12(18)6-9(16)7-20-14/h3-7,13,19H,2H2,1H3. The summed E-state index contributed by atoms with van der Waals surface area (Å²) < 4.78 is 0. The summed E-state index contributed by atoms with van der Waals surface area (Å²) >= 11 is 24.4. The molecule has 0 aliphatic heterocycles. The summed E-state index contributed by atoms with van der Waals surface area (Å²) in [7, 11) is 0. The summed E-state index contributed by atoms with van der Waals surface area (Å²) in [4.78, 5) is 4.32. The van der Waals surface area contributed by atoms with Crippen molar-refractivity contribution in [3.05, 3.63) is 61.8 Å². The minimum atomic E-state index is -0.240. The van der Waals surface area contributed by atoms with Gasteiger partial charge < -0.3 is 5.32 Å². The fourth-order valence-electron chi connectivity index (χ4n) is 1.93. The van der Waals surface area contributed by atoms with Gasteiger partial charge in [0.05, 0.1) is 21.8 Å². The molecule has 0 spiro atoms. The normalized spacial score (nSPS) is 12.4. The van der Waals surface area contributed by atoms with E-state index < -0.39 is 0 Å². The van der Waals surface area contributed by atoms with E-state index in [9.17, 15) is 0 Å². The van der Waals surface area contributed by atoms with Crippen LogP contribution in [0.15, 0.2) is 30.5 Å². The Kier molecular flexibility index (Phi) is 5.53. The Hall–Kier alpha value is -0.510. The number of hydrogen-bond acceptors (Lipinski definition) is 2. The highest BCUT2D eigenvalue weighted by Crippen LogP contribution is 2.33. The number of nitrogens with one attached hydrogen (secondary N) is 1. The first-order valence-corrected chi connectivity index (χ1v) is 7.53. The van der Waals surface area contributed by atoms with Crippen molar-refractivity contribution in [1.82, 2.24) is 10.3 Å². The second-order valence-electron chi connectivity index (χ2n) is 4.18. The fraction of sp³-hybridized carbons (Fsp3) is 0.214. The average molecular weight is 350 g/mol. The van der Waals surface area contributed by atoms with E-state index in [0.29, 0.717) is 25.8 Å². The number of aromatic nitrogens is 1. The molecule has 0 saturated heterocycles. The number of benzene rings is 1. The maximum atomic E-state index is 6.26. The maximum Gasteiger partial charge on any atom is 0.0806 e. The maximum absolute atomic E-state index is 6.26. The summed E-state index contributed by atoms with van der Waals surface area (Å²) in [5, 5.41) is 5.50. The summed E-state index contributed by atoms with van der Waals surface area (Å²) in [6.45, 7) is 2.73. The second-order valence-corrected chi connectivity index (χ2v) is 5.86. The summed E-state index contributed by atoms with van der Waals surface area (Å²) in [5.41, 5.74) is 1.50. The van der Waals surface area contributed by atoms with E-state index >= 15 is 0 Å². The Bertz CT molecular complexity index is 616. The van der Waals surface area contributed by atoms with Crippen molar-refractivity contribution >= 4 is 46.4 Å². The van der Waals surface area contributed by atoms with E-state index in [1.54, 1.807) is 24.4 Å². The minimum absolute atomic E-state index is 0.240. The van der Waals surface area contributed by atoms with E-state index in [4.69, 9.17) is 46.4 Å². The molecule has 2 nitrogen and oxygen atoms in total. The fourth-order valence-corrected chi connectivity index (χ4v) is 2.83. The molecule has 2 rings (SSSR count). The van der Waals surface area contributed by atoms with Gasteiger partial charge in [-0.05, 0) is 36.4 Å². The Morgan fingerprint density at radius 3 is 2.45 bits per heavy atom. The van der Waals surface area contributed by atoms with Gasteiger partial charge in [-0.2, -0.15) is 0 Å². The Balaban J connectivity index is 2.53. The average Bonchev–Trinajstić information content (AvgIpc) is 2.40. The zero-order valence-corrected chi connectivity index (χ0v) is 13.7. The third-order valence-corrected chi connectivity index (χ3v) is 3.88. The molecule has 0 fully saturated rings. The van der Waals surface area contributed by atoms with Crippen LogP contribution in [0.3, 0.4) is 0 Å². The number of hydrogen-bond donors (Lipinski definition) is 1.